The minimum atomic E-state index is -0.184. The second kappa shape index (κ2) is 8.86. The van der Waals surface area contributed by atoms with Crippen molar-refractivity contribution in [2.45, 2.75) is 27.7 Å². The highest BCUT2D eigenvalue weighted by atomic mass is 16.5. The number of aryl methyl sites for hydroxylation is 3. The van der Waals surface area contributed by atoms with E-state index < -0.39 is 0 Å². The second-order valence-electron chi connectivity index (χ2n) is 8.28. The molecular formula is C25H28N4O3. The Morgan fingerprint density at radius 2 is 1.59 bits per heavy atom. The Balaban J connectivity index is 1.39. The Kier molecular flexibility index (Phi) is 5.99. The van der Waals surface area contributed by atoms with Crippen LogP contribution in [0.4, 0.5) is 0 Å². The van der Waals surface area contributed by atoms with Crippen LogP contribution in [0.15, 0.2) is 47.0 Å². The van der Waals surface area contributed by atoms with Gasteiger partial charge in [-0.05, 0) is 57.5 Å². The van der Waals surface area contributed by atoms with Crippen LogP contribution in [0.1, 0.15) is 38.8 Å². The number of hydrogen-bond donors (Lipinski definition) is 0. The van der Waals surface area contributed by atoms with Crippen molar-refractivity contribution in [2.24, 2.45) is 0 Å². The minimum absolute atomic E-state index is 0.0484. The average Bonchev–Trinajstić information content (AvgIpc) is 3.35. The summed E-state index contributed by atoms with van der Waals surface area (Å²) in [6.45, 7) is 9.91. The third kappa shape index (κ3) is 4.37. The first-order valence-electron chi connectivity index (χ1n) is 10.8. The van der Waals surface area contributed by atoms with Crippen molar-refractivity contribution in [1.82, 2.24) is 19.5 Å². The Morgan fingerprint density at radius 1 is 0.938 bits per heavy atom. The summed E-state index contributed by atoms with van der Waals surface area (Å²) in [5, 5.41) is 3.77. The highest BCUT2D eigenvalue weighted by Gasteiger charge is 2.26. The van der Waals surface area contributed by atoms with Gasteiger partial charge in [0.1, 0.15) is 0 Å². The van der Waals surface area contributed by atoms with E-state index in [2.05, 4.69) is 60.8 Å². The first-order chi connectivity index (χ1) is 15.3. The molecule has 0 unspecified atom stereocenters. The lowest BCUT2D eigenvalue weighted by Crippen LogP contribution is -2.50. The highest BCUT2D eigenvalue weighted by Crippen LogP contribution is 2.22. The molecule has 0 bridgehead atoms. The number of carbonyl (C=O) groups excluding carboxylic acids is 2. The van der Waals surface area contributed by atoms with Gasteiger partial charge in [0.15, 0.2) is 0 Å². The first-order valence-corrected chi connectivity index (χ1v) is 10.8. The van der Waals surface area contributed by atoms with Crippen LogP contribution in [0.5, 0.6) is 0 Å². The standard InChI is InChI=1S/C25H28N4O3/c1-17-5-8-22(9-6-17)29-19(3)16-21(20(29)4)7-10-24(30)27-11-13-28(14-12-27)25(31)23-15-18(2)26-32-23/h5-10,15-16H,11-14H2,1-4H3/b10-7+. The molecule has 0 aliphatic carbocycles. The smallest absolute Gasteiger partial charge is 0.292 e. The van der Waals surface area contributed by atoms with Crippen molar-refractivity contribution < 1.29 is 14.1 Å². The normalized spacial score (nSPS) is 14.4. The van der Waals surface area contributed by atoms with Crippen LogP contribution in [-0.2, 0) is 4.79 Å². The summed E-state index contributed by atoms with van der Waals surface area (Å²) < 4.78 is 7.26. The van der Waals surface area contributed by atoms with Gasteiger partial charge >= 0.3 is 0 Å². The maximum atomic E-state index is 12.7. The number of rotatable bonds is 4. The molecule has 0 atom stereocenters. The summed E-state index contributed by atoms with van der Waals surface area (Å²) in [7, 11) is 0. The summed E-state index contributed by atoms with van der Waals surface area (Å²) in [6, 6.07) is 12.1. The van der Waals surface area contributed by atoms with Crippen molar-refractivity contribution in [1.29, 1.82) is 0 Å². The van der Waals surface area contributed by atoms with Gasteiger partial charge in [-0.25, -0.2) is 0 Å². The molecule has 0 radical (unpaired) electrons. The topological polar surface area (TPSA) is 71.6 Å². The lowest BCUT2D eigenvalue weighted by Gasteiger charge is -2.33. The van der Waals surface area contributed by atoms with Crippen LogP contribution in [-0.4, -0.2) is 57.5 Å². The second-order valence-corrected chi connectivity index (χ2v) is 8.28. The molecule has 2 aromatic heterocycles. The van der Waals surface area contributed by atoms with Gasteiger partial charge in [-0.2, -0.15) is 0 Å². The van der Waals surface area contributed by atoms with Crippen molar-refractivity contribution in [3.05, 3.63) is 76.4 Å². The summed E-state index contributed by atoms with van der Waals surface area (Å²) >= 11 is 0. The largest absolute Gasteiger partial charge is 0.351 e. The molecule has 4 rings (SSSR count). The van der Waals surface area contributed by atoms with Gasteiger partial charge in [-0.3, -0.25) is 9.59 Å². The Bertz CT molecular complexity index is 1160. The number of aromatic nitrogens is 2. The zero-order valence-corrected chi connectivity index (χ0v) is 19.0. The fourth-order valence-corrected chi connectivity index (χ4v) is 4.06. The van der Waals surface area contributed by atoms with Gasteiger partial charge < -0.3 is 18.9 Å². The number of benzene rings is 1. The Hall–Kier alpha value is -3.61. The van der Waals surface area contributed by atoms with Gasteiger partial charge in [0.2, 0.25) is 11.7 Å². The number of hydrogen-bond acceptors (Lipinski definition) is 4. The van der Waals surface area contributed by atoms with Gasteiger partial charge in [0.25, 0.3) is 5.91 Å². The van der Waals surface area contributed by atoms with E-state index in [9.17, 15) is 9.59 Å². The minimum Gasteiger partial charge on any atom is -0.351 e. The zero-order chi connectivity index (χ0) is 22.8. The van der Waals surface area contributed by atoms with Crippen LogP contribution in [0.3, 0.4) is 0 Å². The molecule has 7 nitrogen and oxygen atoms in total. The lowest BCUT2D eigenvalue weighted by atomic mass is 10.2. The van der Waals surface area contributed by atoms with E-state index >= 15 is 0 Å². The third-order valence-corrected chi connectivity index (χ3v) is 5.89. The predicted molar refractivity (Wildman–Crippen MR) is 123 cm³/mol. The number of carbonyl (C=O) groups is 2. The van der Waals surface area contributed by atoms with Gasteiger partial charge in [-0.1, -0.05) is 22.9 Å². The monoisotopic (exact) mass is 432 g/mol. The third-order valence-electron chi connectivity index (χ3n) is 5.89. The van der Waals surface area contributed by atoms with E-state index in [1.54, 1.807) is 28.9 Å². The van der Waals surface area contributed by atoms with Gasteiger partial charge in [0, 0.05) is 55.4 Å². The van der Waals surface area contributed by atoms with Crippen molar-refractivity contribution >= 4 is 17.9 Å². The summed E-state index contributed by atoms with van der Waals surface area (Å²) in [6.07, 6.45) is 3.50. The molecule has 1 fully saturated rings. The van der Waals surface area contributed by atoms with E-state index in [4.69, 9.17) is 4.52 Å². The van der Waals surface area contributed by atoms with Crippen LogP contribution in [0, 0.1) is 27.7 Å². The molecule has 1 aromatic carbocycles. The number of piperazine rings is 1. The molecule has 2 amide bonds. The Labute approximate surface area is 187 Å². The molecular weight excluding hydrogens is 404 g/mol. The number of amides is 2. The zero-order valence-electron chi connectivity index (χ0n) is 19.0. The van der Waals surface area contributed by atoms with Crippen molar-refractivity contribution in [3.8, 4) is 5.69 Å². The Morgan fingerprint density at radius 3 is 2.22 bits per heavy atom. The van der Waals surface area contributed by atoms with Crippen LogP contribution >= 0.6 is 0 Å². The van der Waals surface area contributed by atoms with Crippen molar-refractivity contribution in [2.75, 3.05) is 26.2 Å². The summed E-state index contributed by atoms with van der Waals surface area (Å²) in [4.78, 5) is 28.7. The molecule has 1 aliphatic rings. The fourth-order valence-electron chi connectivity index (χ4n) is 4.06. The fraction of sp³-hybridized carbons (Fsp3) is 0.320. The van der Waals surface area contributed by atoms with E-state index in [1.165, 1.54) is 5.56 Å². The van der Waals surface area contributed by atoms with Crippen LogP contribution in [0.25, 0.3) is 11.8 Å². The molecule has 3 aromatic rings. The van der Waals surface area contributed by atoms with Crippen LogP contribution < -0.4 is 0 Å². The van der Waals surface area contributed by atoms with E-state index in [0.29, 0.717) is 31.9 Å². The molecule has 3 heterocycles. The molecule has 166 valence electrons. The maximum absolute atomic E-state index is 12.7. The van der Waals surface area contributed by atoms with E-state index in [-0.39, 0.29) is 17.6 Å². The van der Waals surface area contributed by atoms with E-state index in [1.807, 2.05) is 6.08 Å². The lowest BCUT2D eigenvalue weighted by molar-refractivity contribution is -0.127. The van der Waals surface area contributed by atoms with Crippen molar-refractivity contribution in [3.63, 3.8) is 0 Å². The maximum Gasteiger partial charge on any atom is 0.292 e. The number of nitrogens with zero attached hydrogens (tertiary/aromatic N) is 4. The molecule has 32 heavy (non-hydrogen) atoms. The molecule has 0 N–H and O–H groups in total. The van der Waals surface area contributed by atoms with Crippen LogP contribution in [0.2, 0.25) is 0 Å². The highest BCUT2D eigenvalue weighted by molar-refractivity contribution is 5.93. The van der Waals surface area contributed by atoms with E-state index in [0.717, 1.165) is 22.6 Å². The summed E-state index contributed by atoms with van der Waals surface area (Å²) in [5.41, 5.74) is 6.24. The molecule has 0 saturated carbocycles. The first kappa shape index (κ1) is 21.6. The predicted octanol–water partition coefficient (Wildman–Crippen LogP) is 3.70. The van der Waals surface area contributed by atoms with Gasteiger partial charge in [0.05, 0.1) is 5.69 Å². The quantitative estimate of drug-likeness (QED) is 0.590. The molecule has 7 heteroatoms. The van der Waals surface area contributed by atoms with Gasteiger partial charge in [-0.15, -0.1) is 0 Å². The molecule has 1 aliphatic heterocycles. The average molecular weight is 433 g/mol. The molecule has 0 spiro atoms. The summed E-state index contributed by atoms with van der Waals surface area (Å²) in [5.74, 6) is 0.00985. The molecule has 1 saturated heterocycles. The SMILES string of the molecule is Cc1ccc(-n2c(C)cc(/C=C/C(=O)N3CCN(C(=O)c4cc(C)no4)CC3)c2C)cc1.